The van der Waals surface area contributed by atoms with Crippen LogP contribution in [-0.4, -0.2) is 16.1 Å². The molecule has 0 saturated carbocycles. The number of benzene rings is 1. The predicted octanol–water partition coefficient (Wildman–Crippen LogP) is 2.04. The Bertz CT molecular complexity index is 382. The lowest BCUT2D eigenvalue weighted by Crippen LogP contribution is -2.29. The number of anilines is 1. The summed E-state index contributed by atoms with van der Waals surface area (Å²) >= 11 is 0. The number of aliphatic hydroxyl groups is 2. The molecule has 0 saturated heterocycles. The Kier molecular flexibility index (Phi) is 4.26. The summed E-state index contributed by atoms with van der Waals surface area (Å²) in [5, 5.41) is 20.7. The van der Waals surface area contributed by atoms with Crippen LogP contribution in [0.25, 0.3) is 0 Å². The van der Waals surface area contributed by atoms with Crippen LogP contribution in [0.3, 0.4) is 0 Å². The minimum Gasteiger partial charge on any atom is -0.364 e. The summed E-state index contributed by atoms with van der Waals surface area (Å²) in [4.78, 5) is 11.9. The number of carbonyl (C=O) groups is 1. The second kappa shape index (κ2) is 5.29. The molecule has 1 rings (SSSR count). The molecule has 3 N–H and O–H groups in total. The van der Waals surface area contributed by atoms with Gasteiger partial charge in [0.1, 0.15) is 0 Å². The first kappa shape index (κ1) is 13.7. The van der Waals surface area contributed by atoms with Gasteiger partial charge >= 0.3 is 0 Å². The van der Waals surface area contributed by atoms with Crippen molar-refractivity contribution in [2.24, 2.45) is 5.41 Å². The van der Waals surface area contributed by atoms with Gasteiger partial charge in [0.15, 0.2) is 6.29 Å². The predicted molar refractivity (Wildman–Crippen MR) is 66.3 cm³/mol. The normalized spacial score (nSPS) is 11.6. The first-order chi connectivity index (χ1) is 7.86. The molecular weight excluding hydrogens is 218 g/mol. The number of carbonyl (C=O) groups excluding carboxylic acids is 1. The van der Waals surface area contributed by atoms with Crippen LogP contribution in [0.4, 0.5) is 5.69 Å². The molecule has 0 fully saturated rings. The second-order valence-electron chi connectivity index (χ2n) is 4.69. The first-order valence-corrected chi connectivity index (χ1v) is 5.64. The molecule has 0 aliphatic carbocycles. The fourth-order valence-electron chi connectivity index (χ4n) is 1.20. The Morgan fingerprint density at radius 3 is 2.24 bits per heavy atom. The van der Waals surface area contributed by atoms with Gasteiger partial charge in [-0.25, -0.2) is 0 Å². The zero-order chi connectivity index (χ0) is 13.1. The average molecular weight is 237 g/mol. The summed E-state index contributed by atoms with van der Waals surface area (Å²) in [6.07, 6.45) is -0.724. The lowest BCUT2D eigenvalue weighted by Gasteiger charge is -2.21. The minimum absolute atomic E-state index is 0.0442. The first-order valence-electron chi connectivity index (χ1n) is 5.64. The smallest absolute Gasteiger partial charge is 0.230 e. The van der Waals surface area contributed by atoms with Gasteiger partial charge < -0.3 is 15.5 Å². The Morgan fingerprint density at radius 1 is 1.29 bits per heavy atom. The molecule has 4 nitrogen and oxygen atoms in total. The minimum atomic E-state index is -1.48. The largest absolute Gasteiger partial charge is 0.364 e. The molecule has 17 heavy (non-hydrogen) atoms. The van der Waals surface area contributed by atoms with E-state index < -0.39 is 11.7 Å². The molecular formula is C13H19NO3. The summed E-state index contributed by atoms with van der Waals surface area (Å²) in [5.74, 6) is -0.0442. The van der Waals surface area contributed by atoms with E-state index in [-0.39, 0.29) is 5.91 Å². The molecule has 0 radical (unpaired) electrons. The van der Waals surface area contributed by atoms with Crippen LogP contribution in [0.1, 0.15) is 39.0 Å². The molecule has 4 heteroatoms. The molecule has 0 heterocycles. The quantitative estimate of drug-likeness (QED) is 0.702. The molecule has 1 amide bonds. The summed E-state index contributed by atoms with van der Waals surface area (Å²) in [6, 6.07) is 6.44. The Balaban J connectivity index is 2.73. The highest BCUT2D eigenvalue weighted by Gasteiger charge is 2.25. The maximum Gasteiger partial charge on any atom is 0.230 e. The van der Waals surface area contributed by atoms with Crippen LogP contribution >= 0.6 is 0 Å². The number of nitrogens with one attached hydrogen (secondary N) is 1. The molecule has 0 unspecified atom stereocenters. The van der Waals surface area contributed by atoms with Crippen molar-refractivity contribution in [3.8, 4) is 0 Å². The number of rotatable bonds is 4. The van der Waals surface area contributed by atoms with Gasteiger partial charge in [0, 0.05) is 16.7 Å². The van der Waals surface area contributed by atoms with E-state index in [2.05, 4.69) is 5.32 Å². The van der Waals surface area contributed by atoms with Crippen LogP contribution in [0.5, 0.6) is 0 Å². The van der Waals surface area contributed by atoms with Crippen molar-refractivity contribution in [3.05, 3.63) is 29.8 Å². The fraction of sp³-hybridized carbons (Fsp3) is 0.462. The Hall–Kier alpha value is -1.39. The molecule has 0 aliphatic rings. The SMILES string of the molecule is CCC(C)(C)C(=O)Nc1ccc(C(O)O)cc1. The third-order valence-electron chi connectivity index (χ3n) is 2.97. The van der Waals surface area contributed by atoms with Crippen molar-refractivity contribution in [2.75, 3.05) is 5.32 Å². The van der Waals surface area contributed by atoms with E-state index in [0.717, 1.165) is 6.42 Å². The van der Waals surface area contributed by atoms with E-state index in [1.165, 1.54) is 0 Å². The van der Waals surface area contributed by atoms with Gasteiger partial charge in [-0.3, -0.25) is 4.79 Å². The van der Waals surface area contributed by atoms with Crippen molar-refractivity contribution in [1.82, 2.24) is 0 Å². The Labute approximate surface area is 101 Å². The van der Waals surface area contributed by atoms with Crippen molar-refractivity contribution in [3.63, 3.8) is 0 Å². The highest BCUT2D eigenvalue weighted by atomic mass is 16.5. The standard InChI is InChI=1S/C13H19NO3/c1-4-13(2,3)12(17)14-10-7-5-9(6-8-10)11(15)16/h5-8,11,15-16H,4H2,1-3H3,(H,14,17). The second-order valence-corrected chi connectivity index (χ2v) is 4.69. The monoisotopic (exact) mass is 237 g/mol. The highest BCUT2D eigenvalue weighted by Crippen LogP contribution is 2.22. The van der Waals surface area contributed by atoms with Crippen molar-refractivity contribution in [2.45, 2.75) is 33.5 Å². The maximum atomic E-state index is 11.9. The molecule has 0 aromatic heterocycles. The molecule has 1 aromatic carbocycles. The average Bonchev–Trinajstić information content (AvgIpc) is 2.29. The van der Waals surface area contributed by atoms with Crippen LogP contribution in [-0.2, 0) is 4.79 Å². The van der Waals surface area contributed by atoms with Crippen LogP contribution in [0, 0.1) is 5.41 Å². The lowest BCUT2D eigenvalue weighted by atomic mass is 9.89. The third-order valence-corrected chi connectivity index (χ3v) is 2.97. The van der Waals surface area contributed by atoms with Crippen LogP contribution < -0.4 is 5.32 Å². The fourth-order valence-corrected chi connectivity index (χ4v) is 1.20. The molecule has 94 valence electrons. The molecule has 1 aromatic rings. The van der Waals surface area contributed by atoms with E-state index in [9.17, 15) is 4.79 Å². The zero-order valence-corrected chi connectivity index (χ0v) is 10.4. The van der Waals surface area contributed by atoms with E-state index in [0.29, 0.717) is 11.3 Å². The molecule has 0 atom stereocenters. The van der Waals surface area contributed by atoms with Gasteiger partial charge in [-0.2, -0.15) is 0 Å². The molecule has 0 aliphatic heterocycles. The number of hydrogen-bond acceptors (Lipinski definition) is 3. The summed E-state index contributed by atoms with van der Waals surface area (Å²) in [7, 11) is 0. The topological polar surface area (TPSA) is 69.6 Å². The van der Waals surface area contributed by atoms with Crippen LogP contribution in [0.2, 0.25) is 0 Å². The van der Waals surface area contributed by atoms with Gasteiger partial charge in [0.2, 0.25) is 5.91 Å². The number of hydrogen-bond donors (Lipinski definition) is 3. The third kappa shape index (κ3) is 3.54. The Morgan fingerprint density at radius 2 is 1.82 bits per heavy atom. The van der Waals surface area contributed by atoms with Gasteiger partial charge in [-0.1, -0.05) is 32.9 Å². The number of amides is 1. The zero-order valence-electron chi connectivity index (χ0n) is 10.4. The highest BCUT2D eigenvalue weighted by molar-refractivity contribution is 5.94. The van der Waals surface area contributed by atoms with Crippen molar-refractivity contribution < 1.29 is 15.0 Å². The van der Waals surface area contributed by atoms with E-state index >= 15 is 0 Å². The van der Waals surface area contributed by atoms with E-state index in [1.807, 2.05) is 20.8 Å². The summed E-state index contributed by atoms with van der Waals surface area (Å²) in [5.41, 5.74) is 0.647. The number of aliphatic hydroxyl groups excluding tert-OH is 1. The van der Waals surface area contributed by atoms with Gasteiger partial charge in [-0.15, -0.1) is 0 Å². The molecule has 0 bridgehead atoms. The van der Waals surface area contributed by atoms with Crippen molar-refractivity contribution in [1.29, 1.82) is 0 Å². The maximum absolute atomic E-state index is 11.9. The van der Waals surface area contributed by atoms with Gasteiger partial charge in [0.05, 0.1) is 0 Å². The van der Waals surface area contributed by atoms with E-state index in [1.54, 1.807) is 24.3 Å². The van der Waals surface area contributed by atoms with Gasteiger partial charge in [-0.05, 0) is 18.6 Å². The van der Waals surface area contributed by atoms with E-state index in [4.69, 9.17) is 10.2 Å². The summed E-state index contributed by atoms with van der Waals surface area (Å²) < 4.78 is 0. The lowest BCUT2D eigenvalue weighted by molar-refractivity contribution is -0.124. The summed E-state index contributed by atoms with van der Waals surface area (Å²) in [6.45, 7) is 5.73. The van der Waals surface area contributed by atoms with Crippen LogP contribution in [0.15, 0.2) is 24.3 Å². The van der Waals surface area contributed by atoms with Gasteiger partial charge in [0.25, 0.3) is 0 Å². The molecule has 0 spiro atoms. The van der Waals surface area contributed by atoms with Crippen molar-refractivity contribution >= 4 is 11.6 Å².